The van der Waals surface area contributed by atoms with E-state index in [1.807, 2.05) is 45.0 Å². The number of nitrogens with zero attached hydrogens (tertiary/aromatic N) is 1. The predicted octanol–water partition coefficient (Wildman–Crippen LogP) is 2.52. The van der Waals surface area contributed by atoms with Crippen LogP contribution in [-0.2, 0) is 9.53 Å². The molecule has 1 fully saturated rings. The van der Waals surface area contributed by atoms with Crippen LogP contribution < -0.4 is 15.4 Å². The van der Waals surface area contributed by atoms with Crippen molar-refractivity contribution < 1.29 is 19.1 Å². The number of rotatable bonds is 0. The summed E-state index contributed by atoms with van der Waals surface area (Å²) in [6.45, 7) is 9.22. The number of carbonyl (C=O) groups is 2. The molecule has 29 heavy (non-hydrogen) atoms. The molecule has 2 heterocycles. The van der Waals surface area contributed by atoms with Crippen molar-refractivity contribution in [2.24, 2.45) is 5.92 Å². The van der Waals surface area contributed by atoms with E-state index in [4.69, 9.17) is 9.47 Å². The highest BCUT2D eigenvalue weighted by atomic mass is 16.6. The number of hydrogen-bond acceptors (Lipinski definition) is 5. The highest BCUT2D eigenvalue weighted by Gasteiger charge is 2.37. The molecular formula is C22H33N3O4. The highest BCUT2D eigenvalue weighted by Crippen LogP contribution is 2.36. The Bertz CT molecular complexity index is 716. The van der Waals surface area contributed by atoms with Crippen LogP contribution in [0.5, 0.6) is 5.75 Å². The molecule has 7 nitrogen and oxygen atoms in total. The molecule has 1 aromatic carbocycles. The smallest absolute Gasteiger partial charge is 0.410 e. The van der Waals surface area contributed by atoms with Gasteiger partial charge >= 0.3 is 6.09 Å². The van der Waals surface area contributed by atoms with Gasteiger partial charge < -0.3 is 25.0 Å². The molecule has 160 valence electrons. The number of fused-ring (bicyclic) bond motifs is 4. The molecule has 2 N–H and O–H groups in total. The number of ether oxygens (including phenoxy) is 2. The maximum Gasteiger partial charge on any atom is 0.410 e. The zero-order valence-electron chi connectivity index (χ0n) is 17.7. The van der Waals surface area contributed by atoms with Gasteiger partial charge in [0, 0.05) is 32.1 Å². The first-order valence-electron chi connectivity index (χ1n) is 10.5. The summed E-state index contributed by atoms with van der Waals surface area (Å²) in [5.74, 6) is 0.560. The van der Waals surface area contributed by atoms with Crippen LogP contribution in [0, 0.1) is 5.92 Å². The fourth-order valence-corrected chi connectivity index (χ4v) is 3.87. The average Bonchev–Trinajstić information content (AvgIpc) is 2.68. The largest absolute Gasteiger partial charge is 0.492 e. The third-order valence-corrected chi connectivity index (χ3v) is 5.20. The van der Waals surface area contributed by atoms with E-state index in [1.54, 1.807) is 4.90 Å². The van der Waals surface area contributed by atoms with Gasteiger partial charge in [0.05, 0.1) is 5.92 Å². The Morgan fingerprint density at radius 2 is 1.90 bits per heavy atom. The van der Waals surface area contributed by atoms with Gasteiger partial charge in [-0.15, -0.1) is 0 Å². The maximum absolute atomic E-state index is 12.8. The van der Waals surface area contributed by atoms with Gasteiger partial charge in [0.25, 0.3) is 0 Å². The number of benzene rings is 1. The Labute approximate surface area is 173 Å². The van der Waals surface area contributed by atoms with Crippen LogP contribution in [0.15, 0.2) is 24.3 Å². The topological polar surface area (TPSA) is 79.9 Å². The SMILES string of the molecule is CC(C)(C)OC(=O)N1C[C@H]2C[C@@H](C1)c1ccccc1OCCNCCCNC2=O. The Balaban J connectivity index is 1.87. The summed E-state index contributed by atoms with van der Waals surface area (Å²) in [5.41, 5.74) is 0.461. The number of para-hydroxylation sites is 1. The van der Waals surface area contributed by atoms with Crippen LogP contribution in [0.2, 0.25) is 0 Å². The lowest BCUT2D eigenvalue weighted by Gasteiger charge is -2.38. The second kappa shape index (κ2) is 9.48. The first-order valence-corrected chi connectivity index (χ1v) is 10.5. The van der Waals surface area contributed by atoms with Gasteiger partial charge in [0.15, 0.2) is 0 Å². The first-order chi connectivity index (χ1) is 13.8. The zero-order chi connectivity index (χ0) is 20.9. The van der Waals surface area contributed by atoms with Crippen LogP contribution in [0.3, 0.4) is 0 Å². The summed E-state index contributed by atoms with van der Waals surface area (Å²) in [5, 5.41) is 6.37. The molecule has 2 atom stereocenters. The molecular weight excluding hydrogens is 370 g/mol. The molecule has 1 aromatic rings. The normalized spacial score (nSPS) is 23.8. The van der Waals surface area contributed by atoms with Gasteiger partial charge in [-0.3, -0.25) is 4.79 Å². The standard InChI is InChI=1S/C22H33N3O4/c1-22(2,3)29-21(27)25-14-16-13-17(15-25)20(26)24-10-6-9-23-11-12-28-19-8-5-4-7-18(16)19/h4-5,7-8,16-17,23H,6,9-15H2,1-3H3,(H,24,26)/t16-,17+/m0/s1. The van der Waals surface area contributed by atoms with Crippen LogP contribution in [0.1, 0.15) is 45.1 Å². The number of piperidine rings is 1. The van der Waals surface area contributed by atoms with Crippen molar-refractivity contribution in [3.05, 3.63) is 29.8 Å². The quantitative estimate of drug-likeness (QED) is 0.696. The van der Waals surface area contributed by atoms with Crippen molar-refractivity contribution >= 4 is 12.0 Å². The summed E-state index contributed by atoms with van der Waals surface area (Å²) in [6, 6.07) is 7.93. The summed E-state index contributed by atoms with van der Waals surface area (Å²) < 4.78 is 11.6. The van der Waals surface area contributed by atoms with E-state index in [1.165, 1.54) is 0 Å². The van der Waals surface area contributed by atoms with Crippen LogP contribution in [0.25, 0.3) is 0 Å². The Morgan fingerprint density at radius 3 is 2.69 bits per heavy atom. The van der Waals surface area contributed by atoms with Gasteiger partial charge in [-0.1, -0.05) is 18.2 Å². The summed E-state index contributed by atoms with van der Waals surface area (Å²) in [7, 11) is 0. The van der Waals surface area contributed by atoms with E-state index in [9.17, 15) is 9.59 Å². The lowest BCUT2D eigenvalue weighted by molar-refractivity contribution is -0.126. The monoisotopic (exact) mass is 403 g/mol. The molecule has 2 aliphatic rings. The number of likely N-dealkylation sites (tertiary alicyclic amines) is 1. The molecule has 0 aromatic heterocycles. The summed E-state index contributed by atoms with van der Waals surface area (Å²) in [4.78, 5) is 27.3. The molecule has 0 aliphatic carbocycles. The molecule has 2 amide bonds. The lowest BCUT2D eigenvalue weighted by atomic mass is 9.83. The third-order valence-electron chi connectivity index (χ3n) is 5.20. The Kier molecular flexibility index (Phi) is 7.00. The highest BCUT2D eigenvalue weighted by molar-refractivity contribution is 5.80. The maximum atomic E-state index is 12.8. The van der Waals surface area contributed by atoms with Crippen LogP contribution in [-0.4, -0.2) is 61.8 Å². The van der Waals surface area contributed by atoms with Crippen molar-refractivity contribution in [1.29, 1.82) is 0 Å². The Hall–Kier alpha value is -2.28. The van der Waals surface area contributed by atoms with Gasteiger partial charge in [-0.2, -0.15) is 0 Å². The fourth-order valence-electron chi connectivity index (χ4n) is 3.87. The van der Waals surface area contributed by atoms with Crippen molar-refractivity contribution in [2.75, 3.05) is 39.3 Å². The summed E-state index contributed by atoms with van der Waals surface area (Å²) in [6.07, 6.45) is 1.17. The second-order valence-electron chi connectivity index (χ2n) is 8.80. The number of nitrogens with one attached hydrogen (secondary N) is 2. The van der Waals surface area contributed by atoms with Crippen molar-refractivity contribution in [2.45, 2.75) is 45.1 Å². The van der Waals surface area contributed by atoms with Crippen LogP contribution >= 0.6 is 0 Å². The number of amides is 2. The second-order valence-corrected chi connectivity index (χ2v) is 8.80. The number of carbonyl (C=O) groups excluding carboxylic acids is 2. The molecule has 0 radical (unpaired) electrons. The fraction of sp³-hybridized carbons (Fsp3) is 0.636. The van der Waals surface area contributed by atoms with E-state index in [0.29, 0.717) is 32.7 Å². The Morgan fingerprint density at radius 1 is 1.14 bits per heavy atom. The molecule has 3 rings (SSSR count). The van der Waals surface area contributed by atoms with Gasteiger partial charge in [-0.05, 0) is 51.8 Å². The molecule has 2 aliphatic heterocycles. The zero-order valence-corrected chi connectivity index (χ0v) is 17.7. The van der Waals surface area contributed by atoms with E-state index in [0.717, 1.165) is 30.8 Å². The minimum Gasteiger partial charge on any atom is -0.492 e. The minimum atomic E-state index is -0.577. The third kappa shape index (κ3) is 6.10. The van der Waals surface area contributed by atoms with Crippen molar-refractivity contribution in [1.82, 2.24) is 15.5 Å². The van der Waals surface area contributed by atoms with Crippen molar-refractivity contribution in [3.63, 3.8) is 0 Å². The van der Waals surface area contributed by atoms with Crippen molar-refractivity contribution in [3.8, 4) is 5.75 Å². The van der Waals surface area contributed by atoms with Gasteiger partial charge in [-0.25, -0.2) is 4.79 Å². The molecule has 7 heteroatoms. The van der Waals surface area contributed by atoms with Crippen LogP contribution in [0.4, 0.5) is 4.79 Å². The average molecular weight is 404 g/mol. The van der Waals surface area contributed by atoms with E-state index >= 15 is 0 Å². The molecule has 2 bridgehead atoms. The van der Waals surface area contributed by atoms with E-state index < -0.39 is 5.60 Å². The lowest BCUT2D eigenvalue weighted by Crippen LogP contribution is -2.49. The van der Waals surface area contributed by atoms with Gasteiger partial charge in [0.1, 0.15) is 18.0 Å². The molecule has 0 saturated carbocycles. The first kappa shape index (κ1) is 21.4. The molecule has 0 unspecified atom stereocenters. The van der Waals surface area contributed by atoms with Gasteiger partial charge in [0.2, 0.25) is 5.91 Å². The molecule has 1 saturated heterocycles. The van der Waals surface area contributed by atoms with E-state index in [2.05, 4.69) is 10.6 Å². The molecule has 0 spiro atoms. The minimum absolute atomic E-state index is 0.00119. The van der Waals surface area contributed by atoms with E-state index in [-0.39, 0.29) is 23.8 Å². The predicted molar refractivity (Wildman–Crippen MR) is 111 cm³/mol. The summed E-state index contributed by atoms with van der Waals surface area (Å²) >= 11 is 0. The number of hydrogen-bond donors (Lipinski definition) is 2.